The Balaban J connectivity index is 1.51. The van der Waals surface area contributed by atoms with Crippen LogP contribution in [-0.2, 0) is 0 Å². The van der Waals surface area contributed by atoms with Crippen LogP contribution in [0.3, 0.4) is 0 Å². The Hall–Kier alpha value is -4.10. The van der Waals surface area contributed by atoms with Crippen LogP contribution < -0.4 is 4.74 Å². The molecule has 0 radical (unpaired) electrons. The lowest BCUT2D eigenvalue weighted by molar-refractivity contribution is 0.415. The van der Waals surface area contributed by atoms with Crippen LogP contribution in [-0.4, -0.2) is 7.11 Å². The molecule has 6 rings (SSSR count). The maximum absolute atomic E-state index is 5.39. The van der Waals surface area contributed by atoms with E-state index in [2.05, 4.69) is 127 Å². The molecule has 0 bridgehead atoms. The minimum atomic E-state index is 0.307. The summed E-state index contributed by atoms with van der Waals surface area (Å²) in [6.45, 7) is 0. The summed E-state index contributed by atoms with van der Waals surface area (Å²) >= 11 is 0. The first-order valence-electron chi connectivity index (χ1n) is 12.3. The van der Waals surface area contributed by atoms with E-state index in [1.165, 1.54) is 44.2 Å². The molecule has 0 aromatic heterocycles. The molecule has 5 aromatic rings. The molecule has 0 amide bonds. The number of fused-ring (bicyclic) bond motifs is 1. The first kappa shape index (κ1) is 21.4. The van der Waals surface area contributed by atoms with Crippen molar-refractivity contribution in [1.29, 1.82) is 0 Å². The minimum absolute atomic E-state index is 0.307. The maximum atomic E-state index is 5.39. The maximum Gasteiger partial charge on any atom is 0.118 e. The smallest absolute Gasteiger partial charge is 0.118 e. The third-order valence-corrected chi connectivity index (χ3v) is 7.30. The van der Waals surface area contributed by atoms with Crippen LogP contribution in [0.4, 0.5) is 0 Å². The lowest BCUT2D eigenvalue weighted by atomic mass is 9.81. The predicted octanol–water partition coefficient (Wildman–Crippen LogP) is 8.87. The number of allylic oxidation sites excluding steroid dienone is 2. The summed E-state index contributed by atoms with van der Waals surface area (Å²) in [5, 5.41) is 2.60. The van der Waals surface area contributed by atoms with Crippen molar-refractivity contribution < 1.29 is 4.74 Å². The molecular weight excluding hydrogens is 424 g/mol. The fraction of sp³-hybridized carbons (Fsp3) is 0.118. The van der Waals surface area contributed by atoms with E-state index in [9.17, 15) is 0 Å². The molecule has 5 aromatic carbocycles. The summed E-state index contributed by atoms with van der Waals surface area (Å²) in [4.78, 5) is 0. The zero-order chi connectivity index (χ0) is 23.6. The molecule has 1 aliphatic carbocycles. The van der Waals surface area contributed by atoms with Gasteiger partial charge in [-0.3, -0.25) is 0 Å². The summed E-state index contributed by atoms with van der Waals surface area (Å²) in [5.74, 6) is 1.60. The Morgan fingerprint density at radius 3 is 2.06 bits per heavy atom. The SMILES string of the molecule is COc1ccc(C2=CC(c3cc(-c4ccccc4)c4ccccc4c3)C(c3ccccc3)C2)cc1. The van der Waals surface area contributed by atoms with Crippen LogP contribution in [0.2, 0.25) is 0 Å². The van der Waals surface area contributed by atoms with Gasteiger partial charge in [0.05, 0.1) is 7.11 Å². The highest BCUT2D eigenvalue weighted by molar-refractivity contribution is 5.97. The largest absolute Gasteiger partial charge is 0.497 e. The second kappa shape index (κ2) is 9.27. The monoisotopic (exact) mass is 452 g/mol. The Morgan fingerprint density at radius 2 is 1.31 bits per heavy atom. The Morgan fingerprint density at radius 1 is 0.629 bits per heavy atom. The summed E-state index contributed by atoms with van der Waals surface area (Å²) in [6.07, 6.45) is 3.52. The molecule has 0 heterocycles. The van der Waals surface area contributed by atoms with E-state index in [4.69, 9.17) is 4.74 Å². The number of rotatable bonds is 5. The first-order chi connectivity index (χ1) is 17.3. The lowest BCUT2D eigenvalue weighted by Crippen LogP contribution is -2.05. The molecule has 35 heavy (non-hydrogen) atoms. The highest BCUT2D eigenvalue weighted by Crippen LogP contribution is 2.49. The van der Waals surface area contributed by atoms with Gasteiger partial charge < -0.3 is 4.74 Å². The van der Waals surface area contributed by atoms with Crippen LogP contribution in [0.5, 0.6) is 5.75 Å². The first-order valence-corrected chi connectivity index (χ1v) is 12.3. The van der Waals surface area contributed by atoms with Crippen molar-refractivity contribution in [1.82, 2.24) is 0 Å². The molecular formula is C34H28O. The van der Waals surface area contributed by atoms with E-state index in [0.717, 1.165) is 12.2 Å². The van der Waals surface area contributed by atoms with Crippen molar-refractivity contribution in [3.63, 3.8) is 0 Å². The van der Waals surface area contributed by atoms with Gasteiger partial charge in [0.1, 0.15) is 5.75 Å². The molecule has 2 atom stereocenters. The van der Waals surface area contributed by atoms with Gasteiger partial charge in [0, 0.05) is 5.92 Å². The van der Waals surface area contributed by atoms with Gasteiger partial charge in [-0.15, -0.1) is 0 Å². The van der Waals surface area contributed by atoms with E-state index in [1.807, 2.05) is 0 Å². The number of benzene rings is 5. The molecule has 0 saturated heterocycles. The van der Waals surface area contributed by atoms with Crippen LogP contribution in [0.1, 0.15) is 34.9 Å². The Labute approximate surface area is 207 Å². The number of hydrogen-bond acceptors (Lipinski definition) is 1. The van der Waals surface area contributed by atoms with E-state index in [0.29, 0.717) is 11.8 Å². The second-order valence-electron chi connectivity index (χ2n) is 9.32. The minimum Gasteiger partial charge on any atom is -0.497 e. The molecule has 0 saturated carbocycles. The highest BCUT2D eigenvalue weighted by atomic mass is 16.5. The zero-order valence-corrected chi connectivity index (χ0v) is 19.9. The normalized spacial score (nSPS) is 17.3. The highest BCUT2D eigenvalue weighted by Gasteiger charge is 2.31. The Bertz CT molecular complexity index is 1480. The van der Waals surface area contributed by atoms with Crippen molar-refractivity contribution in [3.8, 4) is 16.9 Å². The van der Waals surface area contributed by atoms with Crippen molar-refractivity contribution in [3.05, 3.63) is 144 Å². The average Bonchev–Trinajstić information content (AvgIpc) is 3.39. The van der Waals surface area contributed by atoms with Crippen molar-refractivity contribution >= 4 is 16.3 Å². The van der Waals surface area contributed by atoms with Crippen molar-refractivity contribution in [2.45, 2.75) is 18.3 Å². The lowest BCUT2D eigenvalue weighted by Gasteiger charge is -2.22. The fourth-order valence-corrected chi connectivity index (χ4v) is 5.52. The molecule has 0 aliphatic heterocycles. The van der Waals surface area contributed by atoms with Gasteiger partial charge in [0.2, 0.25) is 0 Å². The Kier molecular flexibility index (Phi) is 5.68. The van der Waals surface area contributed by atoms with Crippen LogP contribution in [0, 0.1) is 0 Å². The van der Waals surface area contributed by atoms with Gasteiger partial charge in [0.25, 0.3) is 0 Å². The third-order valence-electron chi connectivity index (χ3n) is 7.30. The molecule has 170 valence electrons. The van der Waals surface area contributed by atoms with Crippen LogP contribution in [0.25, 0.3) is 27.5 Å². The molecule has 1 nitrogen and oxygen atoms in total. The van der Waals surface area contributed by atoms with Gasteiger partial charge in [-0.1, -0.05) is 109 Å². The van der Waals surface area contributed by atoms with E-state index < -0.39 is 0 Å². The summed E-state index contributed by atoms with van der Waals surface area (Å²) < 4.78 is 5.39. The average molecular weight is 453 g/mol. The standard InChI is InChI=1S/C34H28O/c1-35-30-18-16-24(17-19-30)28-21-33(26-12-6-3-7-13-26)34(22-28)29-20-27-14-8-9-15-31(27)32(23-29)25-10-4-2-5-11-25/h2-20,22-23,33-34H,21H2,1H3. The third kappa shape index (κ3) is 4.15. The predicted molar refractivity (Wildman–Crippen MR) is 147 cm³/mol. The molecule has 1 aliphatic rings. The number of ether oxygens (including phenoxy) is 1. The molecule has 1 heteroatoms. The zero-order valence-electron chi connectivity index (χ0n) is 19.9. The summed E-state index contributed by atoms with van der Waals surface area (Å²) in [7, 11) is 1.72. The molecule has 0 fully saturated rings. The van der Waals surface area contributed by atoms with Gasteiger partial charge in [0.15, 0.2) is 0 Å². The van der Waals surface area contributed by atoms with Crippen molar-refractivity contribution in [2.75, 3.05) is 7.11 Å². The van der Waals surface area contributed by atoms with Crippen LogP contribution >= 0.6 is 0 Å². The van der Waals surface area contributed by atoms with E-state index in [1.54, 1.807) is 7.11 Å². The molecule has 2 unspecified atom stereocenters. The van der Waals surface area contributed by atoms with E-state index >= 15 is 0 Å². The van der Waals surface area contributed by atoms with Gasteiger partial charge in [-0.2, -0.15) is 0 Å². The number of methoxy groups -OCH3 is 1. The van der Waals surface area contributed by atoms with Gasteiger partial charge in [-0.25, -0.2) is 0 Å². The molecule has 0 N–H and O–H groups in total. The van der Waals surface area contributed by atoms with Gasteiger partial charge in [-0.05, 0) is 74.7 Å². The van der Waals surface area contributed by atoms with Crippen molar-refractivity contribution in [2.24, 2.45) is 0 Å². The summed E-state index contributed by atoms with van der Waals surface area (Å²) in [5.41, 5.74) is 8.02. The second-order valence-corrected chi connectivity index (χ2v) is 9.32. The van der Waals surface area contributed by atoms with Gasteiger partial charge >= 0.3 is 0 Å². The molecule has 0 spiro atoms. The topological polar surface area (TPSA) is 9.23 Å². The quantitative estimate of drug-likeness (QED) is 0.259. The fourth-order valence-electron chi connectivity index (χ4n) is 5.52. The summed E-state index contributed by atoms with van der Waals surface area (Å²) in [6, 6.07) is 43.8. The van der Waals surface area contributed by atoms with E-state index in [-0.39, 0.29) is 0 Å². The number of hydrogen-bond donors (Lipinski definition) is 0. The van der Waals surface area contributed by atoms with Crippen LogP contribution in [0.15, 0.2) is 127 Å².